The Morgan fingerprint density at radius 3 is 2.18 bits per heavy atom. The molecular formula is C20H18Cl2N2O4. The Hall–Kier alpha value is -2.70. The summed E-state index contributed by atoms with van der Waals surface area (Å²) in [4.78, 5) is 23.1. The molecule has 3 rings (SSSR count). The van der Waals surface area contributed by atoms with E-state index in [4.69, 9.17) is 33.0 Å². The molecule has 1 unspecified atom stereocenters. The first-order chi connectivity index (χ1) is 13.2. The van der Waals surface area contributed by atoms with Crippen molar-refractivity contribution in [3.63, 3.8) is 0 Å². The Morgan fingerprint density at radius 1 is 1.07 bits per heavy atom. The Balaban J connectivity index is 1.99. The van der Waals surface area contributed by atoms with Crippen LogP contribution in [0.3, 0.4) is 0 Å². The molecule has 0 saturated heterocycles. The average molecular weight is 421 g/mol. The zero-order valence-corrected chi connectivity index (χ0v) is 17.0. The molecule has 8 heteroatoms. The monoisotopic (exact) mass is 420 g/mol. The number of hydrogen-bond acceptors (Lipinski definition) is 3. The summed E-state index contributed by atoms with van der Waals surface area (Å²) in [5.74, 6) is -0.655. The van der Waals surface area contributed by atoms with Crippen LogP contribution in [0.4, 0.5) is 0 Å². The summed E-state index contributed by atoms with van der Waals surface area (Å²) >= 11 is 12.8. The van der Waals surface area contributed by atoms with Gasteiger partial charge in [0.2, 0.25) is 0 Å². The molecule has 146 valence electrons. The highest BCUT2D eigenvalue weighted by molar-refractivity contribution is 6.37. The number of aryl methyl sites for hydroxylation is 2. The van der Waals surface area contributed by atoms with Crippen LogP contribution in [0.1, 0.15) is 24.4 Å². The summed E-state index contributed by atoms with van der Waals surface area (Å²) in [7, 11) is 0. The maximum Gasteiger partial charge on any atom is 0.326 e. The SMILES string of the molecule is Cc1ccc(C)n1-c1cc(Cl)c(Oc2ccc(=O)n(C(C)C(=O)O)c2)c(Cl)c1. The molecule has 28 heavy (non-hydrogen) atoms. The van der Waals surface area contributed by atoms with Crippen molar-refractivity contribution < 1.29 is 14.6 Å². The lowest BCUT2D eigenvalue weighted by molar-refractivity contribution is -0.140. The maximum absolute atomic E-state index is 11.9. The molecule has 2 heterocycles. The first-order valence-electron chi connectivity index (χ1n) is 8.46. The van der Waals surface area contributed by atoms with E-state index in [1.165, 1.54) is 25.3 Å². The van der Waals surface area contributed by atoms with E-state index in [1.54, 1.807) is 12.1 Å². The summed E-state index contributed by atoms with van der Waals surface area (Å²) in [6.45, 7) is 5.36. The number of rotatable bonds is 5. The molecule has 0 saturated carbocycles. The third kappa shape index (κ3) is 3.79. The first kappa shape index (κ1) is 20.0. The fourth-order valence-electron chi connectivity index (χ4n) is 2.93. The highest BCUT2D eigenvalue weighted by Gasteiger charge is 2.17. The van der Waals surface area contributed by atoms with Crippen molar-refractivity contribution in [2.75, 3.05) is 0 Å². The lowest BCUT2D eigenvalue weighted by Gasteiger charge is -2.16. The Kier molecular flexibility index (Phi) is 5.54. The van der Waals surface area contributed by atoms with E-state index in [1.807, 2.05) is 30.5 Å². The number of nitrogens with zero attached hydrogens (tertiary/aromatic N) is 2. The molecule has 0 aliphatic rings. The molecule has 0 aliphatic carbocycles. The van der Waals surface area contributed by atoms with Gasteiger partial charge in [-0.1, -0.05) is 23.2 Å². The van der Waals surface area contributed by atoms with Crippen molar-refractivity contribution in [3.05, 3.63) is 74.4 Å². The lowest BCUT2D eigenvalue weighted by Crippen LogP contribution is -2.26. The van der Waals surface area contributed by atoms with E-state index >= 15 is 0 Å². The van der Waals surface area contributed by atoms with Gasteiger partial charge in [0.25, 0.3) is 5.56 Å². The highest BCUT2D eigenvalue weighted by atomic mass is 35.5. The number of aliphatic carboxylic acids is 1. The van der Waals surface area contributed by atoms with Crippen molar-refractivity contribution >= 4 is 29.2 Å². The minimum Gasteiger partial charge on any atom is -0.480 e. The van der Waals surface area contributed by atoms with Crippen LogP contribution in [0.25, 0.3) is 5.69 Å². The molecule has 0 radical (unpaired) electrons. The van der Waals surface area contributed by atoms with Crippen LogP contribution in [0, 0.1) is 13.8 Å². The van der Waals surface area contributed by atoms with Crippen LogP contribution in [0.2, 0.25) is 10.0 Å². The largest absolute Gasteiger partial charge is 0.480 e. The minimum absolute atomic E-state index is 0.225. The Bertz CT molecular complexity index is 1080. The Labute approximate surface area is 171 Å². The number of carboxylic acid groups (broad SMARTS) is 1. The number of aromatic nitrogens is 2. The zero-order valence-electron chi connectivity index (χ0n) is 15.4. The van der Waals surface area contributed by atoms with Crippen molar-refractivity contribution in [1.82, 2.24) is 9.13 Å². The van der Waals surface area contributed by atoms with Crippen molar-refractivity contribution in [1.29, 1.82) is 0 Å². The predicted molar refractivity (Wildman–Crippen MR) is 108 cm³/mol. The number of benzene rings is 1. The maximum atomic E-state index is 11.9. The number of halogens is 2. The number of carbonyl (C=O) groups is 1. The van der Waals surface area contributed by atoms with Gasteiger partial charge >= 0.3 is 5.97 Å². The average Bonchev–Trinajstić information content (AvgIpc) is 2.97. The van der Waals surface area contributed by atoms with E-state index in [0.29, 0.717) is 10.0 Å². The van der Waals surface area contributed by atoms with Crippen molar-refractivity contribution in [2.24, 2.45) is 0 Å². The molecular weight excluding hydrogens is 403 g/mol. The van der Waals surface area contributed by atoms with Crippen LogP contribution >= 0.6 is 23.2 Å². The smallest absolute Gasteiger partial charge is 0.326 e. The van der Waals surface area contributed by atoms with Gasteiger partial charge in [0.15, 0.2) is 5.75 Å². The zero-order chi connectivity index (χ0) is 20.6. The molecule has 0 bridgehead atoms. The number of carboxylic acids is 1. The van der Waals surface area contributed by atoms with E-state index in [9.17, 15) is 9.59 Å². The lowest BCUT2D eigenvalue weighted by atomic mass is 10.2. The molecule has 0 amide bonds. The Morgan fingerprint density at radius 2 is 1.64 bits per heavy atom. The first-order valence-corrected chi connectivity index (χ1v) is 9.22. The molecule has 0 aliphatic heterocycles. The molecule has 2 aromatic heterocycles. The third-order valence-corrected chi connectivity index (χ3v) is 4.98. The summed E-state index contributed by atoms with van der Waals surface area (Å²) in [5.41, 5.74) is 2.42. The van der Waals surface area contributed by atoms with Crippen molar-refractivity contribution in [2.45, 2.75) is 26.8 Å². The van der Waals surface area contributed by atoms with Gasteiger partial charge < -0.3 is 14.4 Å². The number of hydrogen-bond donors (Lipinski definition) is 1. The van der Waals surface area contributed by atoms with E-state index in [0.717, 1.165) is 21.6 Å². The second-order valence-corrected chi connectivity index (χ2v) is 7.23. The minimum atomic E-state index is -1.13. The topological polar surface area (TPSA) is 73.5 Å². The van der Waals surface area contributed by atoms with Gasteiger partial charge in [-0.2, -0.15) is 0 Å². The van der Waals surface area contributed by atoms with Crippen LogP contribution in [-0.2, 0) is 4.79 Å². The van der Waals surface area contributed by atoms with Crippen LogP contribution in [-0.4, -0.2) is 20.2 Å². The summed E-state index contributed by atoms with van der Waals surface area (Å²) in [6, 6.07) is 9.09. The number of ether oxygens (including phenoxy) is 1. The van der Waals surface area contributed by atoms with E-state index < -0.39 is 17.6 Å². The second kappa shape index (κ2) is 7.73. The van der Waals surface area contributed by atoms with Gasteiger partial charge in [0, 0.05) is 23.1 Å². The molecule has 1 N–H and O–H groups in total. The molecule has 1 aromatic carbocycles. The molecule has 3 aromatic rings. The standard InChI is InChI=1S/C20H18Cl2N2O4/c1-11-4-5-12(2)24(11)14-8-16(21)19(17(22)9-14)28-15-6-7-18(25)23(10-15)13(3)20(26)27/h4-10,13H,1-3H3,(H,26,27). The van der Waals surface area contributed by atoms with Gasteiger partial charge in [0.05, 0.1) is 16.2 Å². The fourth-order valence-corrected chi connectivity index (χ4v) is 3.48. The molecule has 0 fully saturated rings. The second-order valence-electron chi connectivity index (χ2n) is 6.42. The van der Waals surface area contributed by atoms with Gasteiger partial charge in [-0.15, -0.1) is 0 Å². The van der Waals surface area contributed by atoms with Gasteiger partial charge in [0.1, 0.15) is 11.8 Å². The normalized spacial score (nSPS) is 12.0. The van der Waals surface area contributed by atoms with Crippen LogP contribution in [0.5, 0.6) is 11.5 Å². The van der Waals surface area contributed by atoms with Gasteiger partial charge in [-0.05, 0) is 51.1 Å². The summed E-state index contributed by atoms with van der Waals surface area (Å²) in [5, 5.41) is 9.73. The van der Waals surface area contributed by atoms with Crippen molar-refractivity contribution in [3.8, 4) is 17.2 Å². The third-order valence-electron chi connectivity index (χ3n) is 4.42. The fraction of sp³-hybridized carbons (Fsp3) is 0.200. The highest BCUT2D eigenvalue weighted by Crippen LogP contribution is 2.38. The van der Waals surface area contributed by atoms with Gasteiger partial charge in [-0.25, -0.2) is 4.79 Å². The van der Waals surface area contributed by atoms with E-state index in [2.05, 4.69) is 0 Å². The molecule has 1 atom stereocenters. The molecule has 6 nitrogen and oxygen atoms in total. The van der Waals surface area contributed by atoms with Gasteiger partial charge in [-0.3, -0.25) is 9.36 Å². The predicted octanol–water partition coefficient (Wildman–Crippen LogP) is 5.00. The quantitative estimate of drug-likeness (QED) is 0.629. The molecule has 0 spiro atoms. The van der Waals surface area contributed by atoms with E-state index in [-0.39, 0.29) is 11.5 Å². The van der Waals surface area contributed by atoms with Crippen LogP contribution < -0.4 is 10.3 Å². The summed E-state index contributed by atoms with van der Waals surface area (Å²) in [6.07, 6.45) is 1.32. The summed E-state index contributed by atoms with van der Waals surface area (Å²) < 4.78 is 8.85. The number of pyridine rings is 1. The van der Waals surface area contributed by atoms with Crippen LogP contribution in [0.15, 0.2) is 47.4 Å².